The van der Waals surface area contributed by atoms with Crippen LogP contribution in [0.1, 0.15) is 5.56 Å². The highest BCUT2D eigenvalue weighted by molar-refractivity contribution is 5.74. The summed E-state index contributed by atoms with van der Waals surface area (Å²) in [7, 11) is 0. The van der Waals surface area contributed by atoms with E-state index in [-0.39, 0.29) is 0 Å². The molecule has 0 radical (unpaired) electrons. The second-order valence-electron chi connectivity index (χ2n) is 4.16. The quantitative estimate of drug-likeness (QED) is 0.718. The summed E-state index contributed by atoms with van der Waals surface area (Å²) in [5.41, 5.74) is 8.25. The molecule has 0 aliphatic carbocycles. The van der Waals surface area contributed by atoms with Gasteiger partial charge in [-0.2, -0.15) is 5.26 Å². The van der Waals surface area contributed by atoms with E-state index in [1.165, 1.54) is 0 Å². The number of nitriles is 1. The lowest BCUT2D eigenvalue weighted by atomic mass is 10.2. The van der Waals surface area contributed by atoms with Crippen molar-refractivity contribution in [1.82, 2.24) is 9.97 Å². The van der Waals surface area contributed by atoms with E-state index in [0.717, 1.165) is 11.0 Å². The summed E-state index contributed by atoms with van der Waals surface area (Å²) in [6, 6.07) is 14.4. The normalized spacial score (nSPS) is 10.2. The molecule has 5 heteroatoms. The highest BCUT2D eigenvalue weighted by Gasteiger charge is 2.06. The number of nitrogen functional groups attached to an aromatic ring is 1. The third kappa shape index (κ3) is 2.22. The molecule has 0 fully saturated rings. The minimum atomic E-state index is 0.361. The van der Waals surface area contributed by atoms with E-state index >= 15 is 0 Å². The van der Waals surface area contributed by atoms with Gasteiger partial charge in [0, 0.05) is 0 Å². The van der Waals surface area contributed by atoms with Crippen LogP contribution >= 0.6 is 0 Å². The molecule has 0 aliphatic heterocycles. The molecule has 0 atom stereocenters. The first-order valence-corrected chi connectivity index (χ1v) is 5.95. The van der Waals surface area contributed by atoms with Gasteiger partial charge >= 0.3 is 0 Å². The van der Waals surface area contributed by atoms with E-state index in [9.17, 15) is 0 Å². The number of benzene rings is 2. The minimum absolute atomic E-state index is 0.361. The zero-order chi connectivity index (χ0) is 13.9. The predicted octanol–water partition coefficient (Wildman–Crippen LogP) is 2.88. The van der Waals surface area contributed by atoms with Crippen LogP contribution in [0.15, 0.2) is 48.7 Å². The molecule has 96 valence electrons. The van der Waals surface area contributed by atoms with E-state index in [2.05, 4.69) is 9.97 Å². The van der Waals surface area contributed by atoms with Crippen LogP contribution in [0, 0.1) is 11.3 Å². The van der Waals surface area contributed by atoms with Crippen molar-refractivity contribution in [2.24, 2.45) is 0 Å². The summed E-state index contributed by atoms with van der Waals surface area (Å²) in [4.78, 5) is 8.61. The van der Waals surface area contributed by atoms with Gasteiger partial charge in [-0.25, -0.2) is 9.97 Å². The number of nitrogens with zero attached hydrogens (tertiary/aromatic N) is 3. The Bertz CT molecular complexity index is 823. The third-order valence-corrected chi connectivity index (χ3v) is 2.78. The summed E-state index contributed by atoms with van der Waals surface area (Å²) in [5, 5.41) is 8.79. The maximum Gasteiger partial charge on any atom is 0.238 e. The zero-order valence-corrected chi connectivity index (χ0v) is 10.4. The van der Waals surface area contributed by atoms with Crippen LogP contribution in [0.5, 0.6) is 11.6 Å². The Labute approximate surface area is 115 Å². The van der Waals surface area contributed by atoms with E-state index in [1.807, 2.05) is 30.3 Å². The van der Waals surface area contributed by atoms with Gasteiger partial charge in [-0.05, 0) is 30.3 Å². The smallest absolute Gasteiger partial charge is 0.238 e. The molecular formula is C15H10N4O. The van der Waals surface area contributed by atoms with Gasteiger partial charge in [-0.15, -0.1) is 0 Å². The van der Waals surface area contributed by atoms with Crippen molar-refractivity contribution < 1.29 is 4.74 Å². The molecule has 0 bridgehead atoms. The van der Waals surface area contributed by atoms with Crippen molar-refractivity contribution in [1.29, 1.82) is 5.26 Å². The van der Waals surface area contributed by atoms with Crippen LogP contribution < -0.4 is 10.5 Å². The van der Waals surface area contributed by atoms with Crippen LogP contribution in [0.2, 0.25) is 0 Å². The van der Waals surface area contributed by atoms with Gasteiger partial charge in [0.25, 0.3) is 0 Å². The molecule has 20 heavy (non-hydrogen) atoms. The van der Waals surface area contributed by atoms with Crippen LogP contribution in [0.25, 0.3) is 11.0 Å². The van der Waals surface area contributed by atoms with Crippen molar-refractivity contribution in [3.05, 3.63) is 54.2 Å². The number of anilines is 1. The largest absolute Gasteiger partial charge is 0.435 e. The monoisotopic (exact) mass is 262 g/mol. The molecule has 2 N–H and O–H groups in total. The standard InChI is InChI=1S/C15H10N4O/c16-8-10-5-6-14(11(17)7-10)20-15-9-18-12-3-1-2-4-13(12)19-15/h1-7,9H,17H2. The van der Waals surface area contributed by atoms with E-state index in [4.69, 9.17) is 15.7 Å². The number of hydrogen-bond acceptors (Lipinski definition) is 5. The fourth-order valence-electron chi connectivity index (χ4n) is 1.81. The summed E-state index contributed by atoms with van der Waals surface area (Å²) in [6.07, 6.45) is 1.54. The van der Waals surface area contributed by atoms with Crippen LogP contribution in [-0.2, 0) is 0 Å². The summed E-state index contributed by atoms with van der Waals surface area (Å²) < 4.78 is 5.61. The molecule has 0 spiro atoms. The maximum absolute atomic E-state index is 8.79. The third-order valence-electron chi connectivity index (χ3n) is 2.78. The highest BCUT2D eigenvalue weighted by Crippen LogP contribution is 2.27. The SMILES string of the molecule is N#Cc1ccc(Oc2cnc3ccccc3n2)c(N)c1. The van der Waals surface area contributed by atoms with Gasteiger partial charge in [0.2, 0.25) is 5.88 Å². The average Bonchev–Trinajstić information content (AvgIpc) is 2.49. The molecule has 0 amide bonds. The van der Waals surface area contributed by atoms with E-state index in [0.29, 0.717) is 22.9 Å². The molecule has 5 nitrogen and oxygen atoms in total. The first-order valence-electron chi connectivity index (χ1n) is 5.95. The first kappa shape index (κ1) is 11.9. The van der Waals surface area contributed by atoms with Crippen LogP contribution in [0.3, 0.4) is 0 Å². The topological polar surface area (TPSA) is 84.8 Å². The predicted molar refractivity (Wildman–Crippen MR) is 75.2 cm³/mol. The van der Waals surface area contributed by atoms with Crippen LogP contribution in [-0.4, -0.2) is 9.97 Å². The number of rotatable bonds is 2. The molecule has 1 aromatic heterocycles. The second kappa shape index (κ2) is 4.86. The van der Waals surface area contributed by atoms with Crippen molar-refractivity contribution in [3.63, 3.8) is 0 Å². The Balaban J connectivity index is 1.95. The molecule has 2 aromatic carbocycles. The van der Waals surface area contributed by atoms with Crippen molar-refractivity contribution in [2.45, 2.75) is 0 Å². The van der Waals surface area contributed by atoms with Gasteiger partial charge in [0.1, 0.15) is 0 Å². The number of para-hydroxylation sites is 2. The molecule has 0 unspecified atom stereocenters. The Hall–Kier alpha value is -3.13. The number of ether oxygens (including phenoxy) is 1. The first-order chi connectivity index (χ1) is 9.76. The van der Waals surface area contributed by atoms with Crippen molar-refractivity contribution >= 4 is 16.7 Å². The van der Waals surface area contributed by atoms with Crippen molar-refractivity contribution in [2.75, 3.05) is 5.73 Å². The van der Waals surface area contributed by atoms with Gasteiger partial charge in [0.15, 0.2) is 5.75 Å². The summed E-state index contributed by atoms with van der Waals surface area (Å²) in [6.45, 7) is 0. The number of hydrogen-bond donors (Lipinski definition) is 1. The maximum atomic E-state index is 8.79. The zero-order valence-electron chi connectivity index (χ0n) is 10.4. The molecule has 3 rings (SSSR count). The second-order valence-corrected chi connectivity index (χ2v) is 4.16. The van der Waals surface area contributed by atoms with Gasteiger partial charge in [-0.1, -0.05) is 12.1 Å². The molecule has 0 aliphatic rings. The van der Waals surface area contributed by atoms with Gasteiger partial charge in [-0.3, -0.25) is 0 Å². The lowest BCUT2D eigenvalue weighted by Gasteiger charge is -2.07. The van der Waals surface area contributed by atoms with E-state index < -0.39 is 0 Å². The number of nitrogens with two attached hydrogens (primary N) is 1. The Morgan fingerprint density at radius 2 is 1.90 bits per heavy atom. The van der Waals surface area contributed by atoms with E-state index in [1.54, 1.807) is 24.4 Å². The minimum Gasteiger partial charge on any atom is -0.435 e. The molecular weight excluding hydrogens is 252 g/mol. The molecule has 0 saturated carbocycles. The average molecular weight is 262 g/mol. The Morgan fingerprint density at radius 1 is 1.10 bits per heavy atom. The fraction of sp³-hybridized carbons (Fsp3) is 0. The summed E-state index contributed by atoms with van der Waals surface area (Å²) >= 11 is 0. The fourth-order valence-corrected chi connectivity index (χ4v) is 1.81. The van der Waals surface area contributed by atoms with Crippen molar-refractivity contribution in [3.8, 4) is 17.7 Å². The van der Waals surface area contributed by atoms with Gasteiger partial charge < -0.3 is 10.5 Å². The lowest BCUT2D eigenvalue weighted by Crippen LogP contribution is -1.95. The summed E-state index contributed by atoms with van der Waals surface area (Å²) in [5.74, 6) is 0.814. The molecule has 1 heterocycles. The molecule has 3 aromatic rings. The molecule has 0 saturated heterocycles. The van der Waals surface area contributed by atoms with Crippen LogP contribution in [0.4, 0.5) is 5.69 Å². The van der Waals surface area contributed by atoms with Gasteiger partial charge in [0.05, 0.1) is 34.6 Å². The lowest BCUT2D eigenvalue weighted by molar-refractivity contribution is 0.465. The highest BCUT2D eigenvalue weighted by atomic mass is 16.5. The number of fused-ring (bicyclic) bond motifs is 1. The Morgan fingerprint density at radius 3 is 2.65 bits per heavy atom. The number of aromatic nitrogens is 2. The Kier molecular flexibility index (Phi) is 2.90.